The van der Waals surface area contributed by atoms with Crippen LogP contribution in [-0.2, 0) is 6.42 Å². The summed E-state index contributed by atoms with van der Waals surface area (Å²) in [5, 5.41) is 0.587. The lowest BCUT2D eigenvalue weighted by atomic mass is 10.0. The topological polar surface area (TPSA) is 37.9 Å². The standard InChI is InChI=1S/C26H25FN2OS/c27-19-10-7-11-20(15-19)30-24-16-22-23(17-25(24)31-21-12-5-2-6-13-21)29-26(28-22)14-18-8-3-1-4-9-18/h1,3-4,7-11,15-17,21H,2,5-6,12-14H2,(H,28,29). The number of imidazole rings is 1. The van der Waals surface area contributed by atoms with E-state index in [0.29, 0.717) is 11.0 Å². The van der Waals surface area contributed by atoms with Crippen molar-refractivity contribution in [3.8, 4) is 11.5 Å². The van der Waals surface area contributed by atoms with Crippen molar-refractivity contribution < 1.29 is 9.13 Å². The molecule has 1 aromatic heterocycles. The maximum atomic E-state index is 13.7. The van der Waals surface area contributed by atoms with Gasteiger partial charge in [0.2, 0.25) is 0 Å². The molecule has 4 aromatic rings. The van der Waals surface area contributed by atoms with Crippen LogP contribution in [0.1, 0.15) is 43.5 Å². The monoisotopic (exact) mass is 432 g/mol. The quantitative estimate of drug-likeness (QED) is 0.342. The first-order valence-corrected chi connectivity index (χ1v) is 11.8. The number of fused-ring (bicyclic) bond motifs is 1. The zero-order valence-electron chi connectivity index (χ0n) is 17.3. The van der Waals surface area contributed by atoms with Gasteiger partial charge in [0.1, 0.15) is 23.1 Å². The van der Waals surface area contributed by atoms with E-state index < -0.39 is 0 Å². The molecule has 1 heterocycles. The molecule has 0 amide bonds. The van der Waals surface area contributed by atoms with Crippen LogP contribution < -0.4 is 4.74 Å². The predicted molar refractivity (Wildman–Crippen MR) is 125 cm³/mol. The number of aromatic amines is 1. The second-order valence-corrected chi connectivity index (χ2v) is 9.44. The molecule has 31 heavy (non-hydrogen) atoms. The van der Waals surface area contributed by atoms with Gasteiger partial charge in [0, 0.05) is 23.8 Å². The second-order valence-electron chi connectivity index (χ2n) is 8.10. The van der Waals surface area contributed by atoms with E-state index in [9.17, 15) is 4.39 Å². The molecule has 1 N–H and O–H groups in total. The van der Waals surface area contributed by atoms with Crippen LogP contribution in [0.5, 0.6) is 11.5 Å². The molecule has 0 saturated heterocycles. The van der Waals surface area contributed by atoms with Crippen LogP contribution in [0.25, 0.3) is 11.0 Å². The zero-order valence-corrected chi connectivity index (χ0v) is 18.1. The molecular weight excluding hydrogens is 407 g/mol. The van der Waals surface area contributed by atoms with Gasteiger partial charge in [-0.3, -0.25) is 0 Å². The Hall–Kier alpha value is -2.79. The van der Waals surface area contributed by atoms with Crippen molar-refractivity contribution >= 4 is 22.8 Å². The van der Waals surface area contributed by atoms with Gasteiger partial charge in [-0.15, -0.1) is 11.8 Å². The molecule has 1 aliphatic rings. The summed E-state index contributed by atoms with van der Waals surface area (Å²) in [6, 6.07) is 20.8. The van der Waals surface area contributed by atoms with Gasteiger partial charge >= 0.3 is 0 Å². The number of nitrogens with one attached hydrogen (secondary N) is 1. The molecule has 0 radical (unpaired) electrons. The first-order chi connectivity index (χ1) is 15.2. The number of H-pyrrole nitrogens is 1. The van der Waals surface area contributed by atoms with E-state index in [2.05, 4.69) is 23.2 Å². The lowest BCUT2D eigenvalue weighted by Gasteiger charge is -2.22. The number of ether oxygens (including phenoxy) is 1. The lowest BCUT2D eigenvalue weighted by molar-refractivity contribution is 0.465. The number of hydrogen-bond donors (Lipinski definition) is 1. The minimum atomic E-state index is -0.299. The molecular formula is C26H25FN2OS. The van der Waals surface area contributed by atoms with Crippen molar-refractivity contribution in [1.82, 2.24) is 9.97 Å². The Morgan fingerprint density at radius 3 is 2.61 bits per heavy atom. The van der Waals surface area contributed by atoms with E-state index >= 15 is 0 Å². The van der Waals surface area contributed by atoms with Crippen molar-refractivity contribution in [3.05, 3.63) is 83.9 Å². The summed E-state index contributed by atoms with van der Waals surface area (Å²) in [5.74, 6) is 1.89. The van der Waals surface area contributed by atoms with E-state index in [1.807, 2.05) is 36.0 Å². The van der Waals surface area contributed by atoms with Crippen LogP contribution in [0.4, 0.5) is 4.39 Å². The fraction of sp³-hybridized carbons (Fsp3) is 0.269. The molecule has 0 spiro atoms. The highest BCUT2D eigenvalue weighted by molar-refractivity contribution is 8.00. The highest BCUT2D eigenvalue weighted by Crippen LogP contribution is 2.41. The van der Waals surface area contributed by atoms with Crippen molar-refractivity contribution in [2.75, 3.05) is 0 Å². The van der Waals surface area contributed by atoms with Gasteiger partial charge in [-0.05, 0) is 36.6 Å². The van der Waals surface area contributed by atoms with Crippen molar-refractivity contribution in [3.63, 3.8) is 0 Å². The van der Waals surface area contributed by atoms with Crippen LogP contribution in [0.3, 0.4) is 0 Å². The third kappa shape index (κ3) is 4.93. The fourth-order valence-electron chi connectivity index (χ4n) is 4.14. The summed E-state index contributed by atoms with van der Waals surface area (Å²) in [4.78, 5) is 9.35. The Kier molecular flexibility index (Phi) is 5.94. The number of hydrogen-bond acceptors (Lipinski definition) is 3. The van der Waals surface area contributed by atoms with E-state index in [1.54, 1.807) is 12.1 Å². The van der Waals surface area contributed by atoms with Crippen LogP contribution in [0.15, 0.2) is 71.6 Å². The number of rotatable bonds is 6. The van der Waals surface area contributed by atoms with Gasteiger partial charge in [0.05, 0.1) is 15.9 Å². The number of halogens is 1. The van der Waals surface area contributed by atoms with E-state index in [0.717, 1.165) is 33.9 Å². The number of nitrogens with zero attached hydrogens (tertiary/aromatic N) is 1. The summed E-state index contributed by atoms with van der Waals surface area (Å²) in [5.41, 5.74) is 3.09. The van der Waals surface area contributed by atoms with E-state index in [1.165, 1.54) is 49.8 Å². The van der Waals surface area contributed by atoms with E-state index in [4.69, 9.17) is 9.72 Å². The van der Waals surface area contributed by atoms with Gasteiger partial charge in [-0.2, -0.15) is 0 Å². The van der Waals surface area contributed by atoms with Gasteiger partial charge < -0.3 is 9.72 Å². The minimum Gasteiger partial charge on any atom is -0.456 e. The smallest absolute Gasteiger partial charge is 0.143 e. The Bertz CT molecular complexity index is 1170. The molecule has 3 nitrogen and oxygen atoms in total. The first-order valence-electron chi connectivity index (χ1n) is 10.9. The maximum Gasteiger partial charge on any atom is 0.143 e. The summed E-state index contributed by atoms with van der Waals surface area (Å²) < 4.78 is 19.9. The molecule has 158 valence electrons. The number of benzene rings is 3. The Morgan fingerprint density at radius 1 is 0.968 bits per heavy atom. The fourth-order valence-corrected chi connectivity index (χ4v) is 5.46. The van der Waals surface area contributed by atoms with Crippen molar-refractivity contribution in [2.45, 2.75) is 48.7 Å². The molecule has 1 aliphatic carbocycles. The van der Waals surface area contributed by atoms with Gasteiger partial charge in [0.25, 0.3) is 0 Å². The molecule has 1 saturated carbocycles. The van der Waals surface area contributed by atoms with Crippen molar-refractivity contribution in [2.24, 2.45) is 0 Å². The number of thioether (sulfide) groups is 1. The molecule has 5 heteroatoms. The summed E-state index contributed by atoms with van der Waals surface area (Å²) >= 11 is 1.87. The van der Waals surface area contributed by atoms with Gasteiger partial charge in [0.15, 0.2) is 0 Å². The first kappa shape index (κ1) is 20.1. The highest BCUT2D eigenvalue weighted by Gasteiger charge is 2.19. The summed E-state index contributed by atoms with van der Waals surface area (Å²) in [7, 11) is 0. The molecule has 1 fully saturated rings. The van der Waals surface area contributed by atoms with Crippen LogP contribution in [-0.4, -0.2) is 15.2 Å². The largest absolute Gasteiger partial charge is 0.456 e. The Labute approximate surface area is 186 Å². The SMILES string of the molecule is Fc1cccc(Oc2cc3[nH]c(Cc4ccccc4)nc3cc2SC2CCCCC2)c1. The molecule has 3 aromatic carbocycles. The Morgan fingerprint density at radius 2 is 1.81 bits per heavy atom. The van der Waals surface area contributed by atoms with Gasteiger partial charge in [-0.25, -0.2) is 9.37 Å². The lowest BCUT2D eigenvalue weighted by Crippen LogP contribution is -2.07. The molecule has 0 unspecified atom stereocenters. The Balaban J connectivity index is 1.48. The molecule has 5 rings (SSSR count). The zero-order chi connectivity index (χ0) is 21.0. The summed E-state index contributed by atoms with van der Waals surface area (Å²) in [6.45, 7) is 0. The molecule has 0 aliphatic heterocycles. The highest BCUT2D eigenvalue weighted by atomic mass is 32.2. The second kappa shape index (κ2) is 9.15. The van der Waals surface area contributed by atoms with Crippen LogP contribution in [0.2, 0.25) is 0 Å². The van der Waals surface area contributed by atoms with E-state index in [-0.39, 0.29) is 5.82 Å². The third-order valence-electron chi connectivity index (χ3n) is 5.68. The summed E-state index contributed by atoms with van der Waals surface area (Å²) in [6.07, 6.45) is 7.09. The molecule has 0 bridgehead atoms. The predicted octanol–water partition coefficient (Wildman–Crippen LogP) is 7.51. The third-order valence-corrected chi connectivity index (χ3v) is 7.06. The van der Waals surface area contributed by atoms with Gasteiger partial charge in [-0.1, -0.05) is 55.7 Å². The average molecular weight is 433 g/mol. The maximum absolute atomic E-state index is 13.7. The minimum absolute atomic E-state index is 0.299. The van der Waals surface area contributed by atoms with Crippen molar-refractivity contribution in [1.29, 1.82) is 0 Å². The van der Waals surface area contributed by atoms with Crippen LogP contribution in [0, 0.1) is 5.82 Å². The molecule has 0 atom stereocenters. The van der Waals surface area contributed by atoms with Crippen LogP contribution >= 0.6 is 11.8 Å². The number of aromatic nitrogens is 2. The average Bonchev–Trinajstić information content (AvgIpc) is 3.16. The normalized spacial score (nSPS) is 14.7.